The highest BCUT2D eigenvalue weighted by Crippen LogP contribution is 2.52. The molecule has 0 spiro atoms. The van der Waals surface area contributed by atoms with E-state index in [2.05, 4.69) is 54.7 Å². The zero-order chi connectivity index (χ0) is 16.0. The van der Waals surface area contributed by atoms with E-state index in [-0.39, 0.29) is 6.04 Å². The summed E-state index contributed by atoms with van der Waals surface area (Å²) in [5, 5.41) is 4.92. The Balaban J connectivity index is 1.78. The van der Waals surface area contributed by atoms with Crippen LogP contribution in [0.2, 0.25) is 10.0 Å². The summed E-state index contributed by atoms with van der Waals surface area (Å²) in [6.45, 7) is 2.18. The number of aryl methyl sites for hydroxylation is 1. The van der Waals surface area contributed by atoms with Gasteiger partial charge in [-0.25, -0.2) is 0 Å². The SMILES string of the molecule is CCc1ccc([C@@H]2Nc3c(ccc(Cl)c3Cl)[C@@H]3C=CC[C@@H]32)cc1. The molecule has 1 heterocycles. The lowest BCUT2D eigenvalue weighted by Gasteiger charge is -2.38. The van der Waals surface area contributed by atoms with Crippen LogP contribution in [0.4, 0.5) is 5.69 Å². The number of anilines is 1. The van der Waals surface area contributed by atoms with Gasteiger partial charge in [0.25, 0.3) is 0 Å². The first-order chi connectivity index (χ1) is 11.2. The second-order valence-corrected chi connectivity index (χ2v) is 7.18. The van der Waals surface area contributed by atoms with Crippen LogP contribution in [-0.4, -0.2) is 0 Å². The lowest BCUT2D eigenvalue weighted by molar-refractivity contribution is 0.425. The van der Waals surface area contributed by atoms with Crippen molar-refractivity contribution in [2.24, 2.45) is 5.92 Å². The predicted molar refractivity (Wildman–Crippen MR) is 98.6 cm³/mol. The fraction of sp³-hybridized carbons (Fsp3) is 0.300. The molecular formula is C20H19Cl2N. The molecule has 0 bridgehead atoms. The molecule has 0 saturated heterocycles. The smallest absolute Gasteiger partial charge is 0.0826 e. The van der Waals surface area contributed by atoms with E-state index in [0.717, 1.165) is 18.5 Å². The number of benzene rings is 2. The number of halogens is 2. The van der Waals surface area contributed by atoms with E-state index in [1.165, 1.54) is 16.7 Å². The number of fused-ring (bicyclic) bond motifs is 3. The fourth-order valence-electron chi connectivity index (χ4n) is 3.89. The molecule has 1 nitrogen and oxygen atoms in total. The maximum Gasteiger partial charge on any atom is 0.0826 e. The summed E-state index contributed by atoms with van der Waals surface area (Å²) in [7, 11) is 0. The Bertz CT molecular complexity index is 764. The molecule has 0 unspecified atom stereocenters. The average molecular weight is 344 g/mol. The first-order valence-electron chi connectivity index (χ1n) is 8.19. The summed E-state index contributed by atoms with van der Waals surface area (Å²) < 4.78 is 0. The molecule has 23 heavy (non-hydrogen) atoms. The van der Waals surface area contributed by atoms with Gasteiger partial charge in [-0.3, -0.25) is 0 Å². The maximum absolute atomic E-state index is 6.48. The molecule has 0 radical (unpaired) electrons. The van der Waals surface area contributed by atoms with Crippen molar-refractivity contribution in [3.8, 4) is 0 Å². The van der Waals surface area contributed by atoms with Gasteiger partial charge in [-0.2, -0.15) is 0 Å². The average Bonchev–Trinajstić information content (AvgIpc) is 3.07. The number of rotatable bonds is 2. The first-order valence-corrected chi connectivity index (χ1v) is 8.94. The van der Waals surface area contributed by atoms with E-state index in [1.54, 1.807) is 0 Å². The second-order valence-electron chi connectivity index (χ2n) is 6.40. The van der Waals surface area contributed by atoms with E-state index >= 15 is 0 Å². The minimum absolute atomic E-state index is 0.268. The summed E-state index contributed by atoms with van der Waals surface area (Å²) in [4.78, 5) is 0. The summed E-state index contributed by atoms with van der Waals surface area (Å²) >= 11 is 12.7. The van der Waals surface area contributed by atoms with Gasteiger partial charge < -0.3 is 5.32 Å². The van der Waals surface area contributed by atoms with Gasteiger partial charge >= 0.3 is 0 Å². The zero-order valence-corrected chi connectivity index (χ0v) is 14.5. The molecule has 2 aliphatic rings. The molecule has 1 aliphatic carbocycles. The molecule has 1 N–H and O–H groups in total. The molecule has 118 valence electrons. The van der Waals surface area contributed by atoms with Gasteiger partial charge in [-0.15, -0.1) is 0 Å². The van der Waals surface area contributed by atoms with Crippen molar-refractivity contribution in [3.05, 3.63) is 75.3 Å². The largest absolute Gasteiger partial charge is 0.376 e. The molecule has 1 aliphatic heterocycles. The van der Waals surface area contributed by atoms with Crippen molar-refractivity contribution in [1.82, 2.24) is 0 Å². The number of nitrogens with one attached hydrogen (secondary N) is 1. The van der Waals surface area contributed by atoms with Crippen molar-refractivity contribution in [1.29, 1.82) is 0 Å². The normalized spacial score (nSPS) is 24.9. The van der Waals surface area contributed by atoms with Gasteiger partial charge in [0.2, 0.25) is 0 Å². The highest BCUT2D eigenvalue weighted by Gasteiger charge is 2.38. The Hall–Kier alpha value is -1.44. The van der Waals surface area contributed by atoms with Crippen LogP contribution in [0.5, 0.6) is 0 Å². The van der Waals surface area contributed by atoms with Crippen molar-refractivity contribution in [3.63, 3.8) is 0 Å². The molecule has 2 aromatic rings. The highest BCUT2D eigenvalue weighted by atomic mass is 35.5. The van der Waals surface area contributed by atoms with Crippen molar-refractivity contribution < 1.29 is 0 Å². The van der Waals surface area contributed by atoms with Gasteiger partial charge in [-0.05, 0) is 41.5 Å². The van der Waals surface area contributed by atoms with Crippen LogP contribution >= 0.6 is 23.2 Å². The Morgan fingerprint density at radius 3 is 2.61 bits per heavy atom. The van der Waals surface area contributed by atoms with Crippen LogP contribution in [0, 0.1) is 5.92 Å². The summed E-state index contributed by atoms with van der Waals surface area (Å²) in [6.07, 6.45) is 6.78. The van der Waals surface area contributed by atoms with E-state index in [1.807, 2.05) is 6.07 Å². The van der Waals surface area contributed by atoms with E-state index in [0.29, 0.717) is 21.9 Å². The van der Waals surface area contributed by atoms with Gasteiger partial charge in [0, 0.05) is 5.92 Å². The van der Waals surface area contributed by atoms with Crippen molar-refractivity contribution >= 4 is 28.9 Å². The van der Waals surface area contributed by atoms with Gasteiger partial charge in [0.1, 0.15) is 0 Å². The Kier molecular flexibility index (Phi) is 3.87. The molecule has 0 amide bonds. The Labute approximate surface area is 147 Å². The van der Waals surface area contributed by atoms with E-state index < -0.39 is 0 Å². The standard InChI is InChI=1S/C20H19Cl2N/c1-2-12-6-8-13(9-7-12)19-15-5-3-4-14(15)16-10-11-17(21)18(22)20(16)23-19/h3-4,6-11,14-15,19,23H,2,5H2,1H3/t14-,15+,19+/m1/s1. The molecule has 0 fully saturated rings. The number of allylic oxidation sites excluding steroid dienone is 2. The molecule has 0 aromatic heterocycles. The fourth-order valence-corrected chi connectivity index (χ4v) is 4.28. The molecule has 3 atom stereocenters. The third-order valence-corrected chi connectivity index (χ3v) is 5.98. The van der Waals surface area contributed by atoms with Crippen LogP contribution in [0.25, 0.3) is 0 Å². The van der Waals surface area contributed by atoms with Gasteiger partial charge in [0.15, 0.2) is 0 Å². The topological polar surface area (TPSA) is 12.0 Å². The minimum atomic E-state index is 0.268. The lowest BCUT2D eigenvalue weighted by Crippen LogP contribution is -2.29. The first kappa shape index (κ1) is 15.1. The van der Waals surface area contributed by atoms with E-state index in [4.69, 9.17) is 23.2 Å². The van der Waals surface area contributed by atoms with Crippen LogP contribution in [0.3, 0.4) is 0 Å². The molecular weight excluding hydrogens is 325 g/mol. The number of hydrogen-bond acceptors (Lipinski definition) is 1. The van der Waals surface area contributed by atoms with Crippen LogP contribution in [0.15, 0.2) is 48.6 Å². The predicted octanol–water partition coefficient (Wildman–Crippen LogP) is 6.38. The quantitative estimate of drug-likeness (QED) is 0.623. The summed E-state index contributed by atoms with van der Waals surface area (Å²) in [5.74, 6) is 0.948. The summed E-state index contributed by atoms with van der Waals surface area (Å²) in [6, 6.07) is 13.2. The molecule has 0 saturated carbocycles. The van der Waals surface area contributed by atoms with Crippen LogP contribution in [-0.2, 0) is 6.42 Å². The monoisotopic (exact) mass is 343 g/mol. The summed E-state index contributed by atoms with van der Waals surface area (Å²) in [5.41, 5.74) is 4.95. The molecule has 2 aromatic carbocycles. The third-order valence-electron chi connectivity index (χ3n) is 5.17. The maximum atomic E-state index is 6.48. The highest BCUT2D eigenvalue weighted by molar-refractivity contribution is 6.43. The third kappa shape index (κ3) is 2.47. The minimum Gasteiger partial charge on any atom is -0.376 e. The van der Waals surface area contributed by atoms with Crippen LogP contribution < -0.4 is 5.32 Å². The van der Waals surface area contributed by atoms with E-state index in [9.17, 15) is 0 Å². The van der Waals surface area contributed by atoms with Crippen molar-refractivity contribution in [2.75, 3.05) is 5.32 Å². The Morgan fingerprint density at radius 2 is 1.87 bits per heavy atom. The Morgan fingerprint density at radius 1 is 1.09 bits per heavy atom. The zero-order valence-electron chi connectivity index (χ0n) is 13.0. The number of hydrogen-bond donors (Lipinski definition) is 1. The van der Waals surface area contributed by atoms with Gasteiger partial charge in [0.05, 0.1) is 21.8 Å². The molecule has 4 rings (SSSR count). The van der Waals surface area contributed by atoms with Gasteiger partial charge in [-0.1, -0.05) is 72.6 Å². The molecule has 3 heteroatoms. The second kappa shape index (κ2) is 5.89. The lowest BCUT2D eigenvalue weighted by atomic mass is 9.77. The van der Waals surface area contributed by atoms with Crippen molar-refractivity contribution in [2.45, 2.75) is 31.7 Å². The van der Waals surface area contributed by atoms with Crippen LogP contribution in [0.1, 0.15) is 42.0 Å².